The molecule has 0 radical (unpaired) electrons. The molecule has 0 spiro atoms. The smallest absolute Gasteiger partial charge is 0.259 e. The SMILES string of the molecule is COc1cc(O)ccc1C(=O)Nc1cccc(-c2nc3ncccc3s2)c1. The summed E-state index contributed by atoms with van der Waals surface area (Å²) in [7, 11) is 1.45. The van der Waals surface area contributed by atoms with E-state index in [1.54, 1.807) is 23.6 Å². The zero-order chi connectivity index (χ0) is 18.8. The molecule has 2 aromatic heterocycles. The van der Waals surface area contributed by atoms with E-state index in [2.05, 4.69) is 15.3 Å². The number of amides is 1. The molecule has 4 aromatic rings. The summed E-state index contributed by atoms with van der Waals surface area (Å²) < 4.78 is 6.19. The van der Waals surface area contributed by atoms with Gasteiger partial charge < -0.3 is 15.2 Å². The molecule has 0 aliphatic rings. The van der Waals surface area contributed by atoms with Crippen molar-refractivity contribution in [2.24, 2.45) is 0 Å². The zero-order valence-corrected chi connectivity index (χ0v) is 15.2. The van der Waals surface area contributed by atoms with Crippen LogP contribution in [0.15, 0.2) is 60.8 Å². The van der Waals surface area contributed by atoms with Crippen LogP contribution in [0.25, 0.3) is 20.9 Å². The number of benzene rings is 2. The first-order valence-electron chi connectivity index (χ1n) is 8.14. The van der Waals surface area contributed by atoms with Gasteiger partial charge in [-0.05, 0) is 36.4 Å². The van der Waals surface area contributed by atoms with Crippen LogP contribution in [0.1, 0.15) is 10.4 Å². The van der Waals surface area contributed by atoms with Crippen LogP contribution in [0.4, 0.5) is 5.69 Å². The topological polar surface area (TPSA) is 84.3 Å². The fourth-order valence-electron chi connectivity index (χ4n) is 2.69. The molecule has 2 heterocycles. The van der Waals surface area contributed by atoms with Crippen LogP contribution in [0.2, 0.25) is 0 Å². The zero-order valence-electron chi connectivity index (χ0n) is 14.3. The summed E-state index contributed by atoms with van der Waals surface area (Å²) in [6.45, 7) is 0. The highest BCUT2D eigenvalue weighted by molar-refractivity contribution is 7.21. The molecule has 1 amide bonds. The molecule has 0 atom stereocenters. The molecule has 2 N–H and O–H groups in total. The van der Waals surface area contributed by atoms with E-state index in [0.29, 0.717) is 22.6 Å². The Kier molecular flexibility index (Phi) is 4.43. The Morgan fingerprint density at radius 1 is 1.15 bits per heavy atom. The van der Waals surface area contributed by atoms with Gasteiger partial charge in [0, 0.05) is 23.5 Å². The number of hydrogen-bond acceptors (Lipinski definition) is 6. The average molecular weight is 377 g/mol. The van der Waals surface area contributed by atoms with Crippen LogP contribution in [0.3, 0.4) is 0 Å². The third-order valence-electron chi connectivity index (χ3n) is 3.96. The minimum absolute atomic E-state index is 0.0369. The van der Waals surface area contributed by atoms with Crippen molar-refractivity contribution >= 4 is 33.3 Å². The number of nitrogens with one attached hydrogen (secondary N) is 1. The summed E-state index contributed by atoms with van der Waals surface area (Å²) >= 11 is 1.55. The monoisotopic (exact) mass is 377 g/mol. The van der Waals surface area contributed by atoms with E-state index in [4.69, 9.17) is 4.74 Å². The minimum Gasteiger partial charge on any atom is -0.508 e. The Hall–Kier alpha value is -3.45. The summed E-state index contributed by atoms with van der Waals surface area (Å²) in [5.74, 6) is 0.0192. The van der Waals surface area contributed by atoms with Gasteiger partial charge in [-0.25, -0.2) is 9.97 Å². The first-order valence-corrected chi connectivity index (χ1v) is 8.96. The van der Waals surface area contributed by atoms with Gasteiger partial charge in [-0.1, -0.05) is 12.1 Å². The Balaban J connectivity index is 1.62. The maximum absolute atomic E-state index is 12.6. The fourth-order valence-corrected chi connectivity index (χ4v) is 3.61. The van der Waals surface area contributed by atoms with E-state index >= 15 is 0 Å². The Morgan fingerprint density at radius 2 is 2.04 bits per heavy atom. The molecule has 27 heavy (non-hydrogen) atoms. The highest BCUT2D eigenvalue weighted by Crippen LogP contribution is 2.31. The summed E-state index contributed by atoms with van der Waals surface area (Å²) in [6.07, 6.45) is 1.72. The number of methoxy groups -OCH3 is 1. The largest absolute Gasteiger partial charge is 0.508 e. The standard InChI is InChI=1S/C20H15N3O3S/c1-26-16-11-14(24)7-8-15(16)19(25)22-13-5-2-4-12(10-13)20-23-18-17(27-20)6-3-9-21-18/h2-11,24H,1H3,(H,22,25). The number of phenolic OH excluding ortho intramolecular Hbond substituents is 1. The van der Waals surface area contributed by atoms with Crippen LogP contribution in [-0.2, 0) is 0 Å². The molecule has 7 heteroatoms. The van der Waals surface area contributed by atoms with E-state index < -0.39 is 0 Å². The predicted molar refractivity (Wildman–Crippen MR) is 105 cm³/mol. The van der Waals surface area contributed by atoms with Crippen molar-refractivity contribution in [2.75, 3.05) is 12.4 Å². The van der Waals surface area contributed by atoms with Gasteiger partial charge in [-0.3, -0.25) is 4.79 Å². The van der Waals surface area contributed by atoms with Crippen LogP contribution in [-0.4, -0.2) is 28.1 Å². The Labute approximate surface area is 159 Å². The lowest BCUT2D eigenvalue weighted by Crippen LogP contribution is -2.13. The number of nitrogens with zero attached hydrogens (tertiary/aromatic N) is 2. The minimum atomic E-state index is -0.324. The van der Waals surface area contributed by atoms with E-state index in [1.807, 2.05) is 30.3 Å². The quantitative estimate of drug-likeness (QED) is 0.553. The lowest BCUT2D eigenvalue weighted by Gasteiger charge is -2.10. The van der Waals surface area contributed by atoms with Crippen molar-refractivity contribution in [1.82, 2.24) is 9.97 Å². The molecule has 0 bridgehead atoms. The average Bonchev–Trinajstić information content (AvgIpc) is 3.12. The molecule has 0 saturated heterocycles. The van der Waals surface area contributed by atoms with Gasteiger partial charge in [0.25, 0.3) is 5.91 Å². The van der Waals surface area contributed by atoms with Crippen LogP contribution < -0.4 is 10.1 Å². The Morgan fingerprint density at radius 3 is 2.85 bits per heavy atom. The van der Waals surface area contributed by atoms with Crippen molar-refractivity contribution in [3.05, 3.63) is 66.4 Å². The number of thiazole rings is 1. The lowest BCUT2D eigenvalue weighted by atomic mass is 10.1. The van der Waals surface area contributed by atoms with Gasteiger partial charge in [0.1, 0.15) is 16.5 Å². The number of ether oxygens (including phenoxy) is 1. The van der Waals surface area contributed by atoms with Gasteiger partial charge in [0.15, 0.2) is 5.65 Å². The number of hydrogen-bond donors (Lipinski definition) is 2. The molecule has 134 valence electrons. The summed E-state index contributed by atoms with van der Waals surface area (Å²) in [6, 6.07) is 15.7. The summed E-state index contributed by atoms with van der Waals surface area (Å²) in [5.41, 5.74) is 2.58. The second-order valence-electron chi connectivity index (χ2n) is 5.76. The third-order valence-corrected chi connectivity index (χ3v) is 5.02. The number of pyridine rings is 1. The van der Waals surface area contributed by atoms with Crippen LogP contribution >= 0.6 is 11.3 Å². The number of fused-ring (bicyclic) bond motifs is 1. The molecule has 0 saturated carbocycles. The van der Waals surface area contributed by atoms with Crippen molar-refractivity contribution < 1.29 is 14.6 Å². The maximum atomic E-state index is 12.6. The van der Waals surface area contributed by atoms with Gasteiger partial charge in [0.05, 0.1) is 17.4 Å². The number of carbonyl (C=O) groups excluding carboxylic acids is 1. The number of aromatic hydroxyl groups is 1. The molecule has 0 aliphatic carbocycles. The first kappa shape index (κ1) is 17.0. The van der Waals surface area contributed by atoms with Crippen LogP contribution in [0, 0.1) is 0 Å². The molecule has 0 fully saturated rings. The van der Waals surface area contributed by atoms with Crippen molar-refractivity contribution in [2.45, 2.75) is 0 Å². The third kappa shape index (κ3) is 3.45. The molecular weight excluding hydrogens is 362 g/mol. The lowest BCUT2D eigenvalue weighted by molar-refractivity contribution is 0.102. The predicted octanol–water partition coefficient (Wildman–Crippen LogP) is 4.32. The molecule has 2 aromatic carbocycles. The van der Waals surface area contributed by atoms with Crippen molar-refractivity contribution in [3.63, 3.8) is 0 Å². The first-order chi connectivity index (χ1) is 13.1. The van der Waals surface area contributed by atoms with E-state index in [9.17, 15) is 9.90 Å². The van der Waals surface area contributed by atoms with Crippen LogP contribution in [0.5, 0.6) is 11.5 Å². The number of anilines is 1. The second kappa shape index (κ2) is 7.05. The highest BCUT2D eigenvalue weighted by atomic mass is 32.1. The molecular formula is C20H15N3O3S. The number of aromatic nitrogens is 2. The number of rotatable bonds is 4. The summed E-state index contributed by atoms with van der Waals surface area (Å²) in [4.78, 5) is 21.4. The summed E-state index contributed by atoms with van der Waals surface area (Å²) in [5, 5.41) is 13.2. The molecule has 0 aliphatic heterocycles. The highest BCUT2D eigenvalue weighted by Gasteiger charge is 2.14. The fraction of sp³-hybridized carbons (Fsp3) is 0.0500. The second-order valence-corrected chi connectivity index (χ2v) is 6.79. The van der Waals surface area contributed by atoms with Gasteiger partial charge in [-0.2, -0.15) is 0 Å². The number of phenols is 1. The molecule has 4 rings (SSSR count). The molecule has 0 unspecified atom stereocenters. The van der Waals surface area contributed by atoms with Gasteiger partial charge >= 0.3 is 0 Å². The normalized spacial score (nSPS) is 10.7. The van der Waals surface area contributed by atoms with E-state index in [1.165, 1.54) is 25.3 Å². The maximum Gasteiger partial charge on any atom is 0.259 e. The van der Waals surface area contributed by atoms with Crippen molar-refractivity contribution in [3.8, 4) is 22.1 Å². The van der Waals surface area contributed by atoms with Crippen molar-refractivity contribution in [1.29, 1.82) is 0 Å². The number of carbonyl (C=O) groups is 1. The Bertz CT molecular complexity index is 1110. The van der Waals surface area contributed by atoms with Gasteiger partial charge in [-0.15, -0.1) is 11.3 Å². The van der Waals surface area contributed by atoms with E-state index in [0.717, 1.165) is 15.3 Å². The molecule has 6 nitrogen and oxygen atoms in total. The van der Waals surface area contributed by atoms with E-state index in [-0.39, 0.29) is 11.7 Å². The van der Waals surface area contributed by atoms with Gasteiger partial charge in [0.2, 0.25) is 0 Å².